The highest BCUT2D eigenvalue weighted by molar-refractivity contribution is 9.10. The number of rotatable bonds is 1. The molecule has 0 aromatic rings. The van der Waals surface area contributed by atoms with Crippen LogP contribution in [0.5, 0.6) is 0 Å². The second-order valence-electron chi connectivity index (χ2n) is 2.89. The Morgan fingerprint density at radius 1 is 1.30 bits per heavy atom. The molecule has 0 radical (unpaired) electrons. The number of halogens is 1. The molecule has 2 N–H and O–H groups in total. The van der Waals surface area contributed by atoms with Crippen LogP contribution in [0.1, 0.15) is 32.1 Å². The van der Waals surface area contributed by atoms with E-state index in [1.165, 1.54) is 6.42 Å². The van der Waals surface area contributed by atoms with Crippen molar-refractivity contribution in [2.45, 2.75) is 36.4 Å². The van der Waals surface area contributed by atoms with Crippen LogP contribution in [-0.4, -0.2) is 10.2 Å². The third-order valence-corrected chi connectivity index (χ3v) is 3.27. The summed E-state index contributed by atoms with van der Waals surface area (Å²) in [7, 11) is 0. The van der Waals surface area contributed by atoms with Gasteiger partial charge in [0.1, 0.15) is 4.32 Å². The van der Waals surface area contributed by atoms with Gasteiger partial charge in [-0.05, 0) is 12.8 Å². The maximum Gasteiger partial charge on any atom is 0.234 e. The van der Waals surface area contributed by atoms with Gasteiger partial charge in [-0.2, -0.15) is 0 Å². The fraction of sp³-hybridized carbons (Fsp3) is 0.857. The second kappa shape index (κ2) is 2.91. The van der Waals surface area contributed by atoms with Gasteiger partial charge in [0.2, 0.25) is 5.91 Å². The van der Waals surface area contributed by atoms with E-state index in [9.17, 15) is 4.79 Å². The molecule has 1 aliphatic carbocycles. The number of alkyl halides is 1. The highest BCUT2D eigenvalue weighted by Crippen LogP contribution is 2.35. The standard InChI is InChI=1S/C7H12BrNO/c8-7(6(9)10)4-2-1-3-5-7/h1-5H2,(H2,9,10). The predicted octanol–water partition coefficient (Wildman–Crippen LogP) is 1.57. The van der Waals surface area contributed by atoms with Crippen molar-refractivity contribution in [2.75, 3.05) is 0 Å². The average Bonchev–Trinajstić information content (AvgIpc) is 1.89. The Bertz CT molecular complexity index is 141. The summed E-state index contributed by atoms with van der Waals surface area (Å²) < 4.78 is -0.370. The van der Waals surface area contributed by atoms with Crippen molar-refractivity contribution in [3.05, 3.63) is 0 Å². The molecule has 1 fully saturated rings. The fourth-order valence-corrected chi connectivity index (χ4v) is 1.92. The number of hydrogen-bond acceptors (Lipinski definition) is 1. The zero-order valence-electron chi connectivity index (χ0n) is 5.90. The SMILES string of the molecule is NC(=O)C1(Br)CCCCC1. The van der Waals surface area contributed by atoms with Gasteiger partial charge >= 0.3 is 0 Å². The van der Waals surface area contributed by atoms with Crippen LogP contribution in [-0.2, 0) is 4.79 Å². The summed E-state index contributed by atoms with van der Waals surface area (Å²) >= 11 is 3.39. The normalized spacial score (nSPS) is 24.1. The predicted molar refractivity (Wildman–Crippen MR) is 43.9 cm³/mol. The first kappa shape index (κ1) is 8.05. The minimum absolute atomic E-state index is 0.202. The van der Waals surface area contributed by atoms with Crippen molar-refractivity contribution < 1.29 is 4.79 Å². The Morgan fingerprint density at radius 2 is 1.80 bits per heavy atom. The van der Waals surface area contributed by atoms with Crippen LogP contribution in [0.3, 0.4) is 0 Å². The second-order valence-corrected chi connectivity index (χ2v) is 4.41. The van der Waals surface area contributed by atoms with E-state index < -0.39 is 0 Å². The minimum Gasteiger partial charge on any atom is -0.368 e. The number of primary amides is 1. The van der Waals surface area contributed by atoms with Crippen molar-refractivity contribution in [1.82, 2.24) is 0 Å². The van der Waals surface area contributed by atoms with Gasteiger partial charge in [-0.15, -0.1) is 0 Å². The van der Waals surface area contributed by atoms with Gasteiger partial charge in [0.05, 0.1) is 0 Å². The fourth-order valence-electron chi connectivity index (χ4n) is 1.36. The zero-order valence-corrected chi connectivity index (χ0v) is 7.49. The molecule has 1 rings (SSSR count). The molecular formula is C7H12BrNO. The Balaban J connectivity index is 2.56. The highest BCUT2D eigenvalue weighted by Gasteiger charge is 2.34. The van der Waals surface area contributed by atoms with E-state index in [1.54, 1.807) is 0 Å². The van der Waals surface area contributed by atoms with E-state index in [0.717, 1.165) is 25.7 Å². The first-order valence-corrected chi connectivity index (χ1v) is 4.43. The molecular weight excluding hydrogens is 194 g/mol. The Morgan fingerprint density at radius 3 is 2.10 bits per heavy atom. The number of carbonyl (C=O) groups is 1. The van der Waals surface area contributed by atoms with Crippen LogP contribution in [0.15, 0.2) is 0 Å². The van der Waals surface area contributed by atoms with Gasteiger partial charge in [-0.3, -0.25) is 4.79 Å². The largest absolute Gasteiger partial charge is 0.368 e. The summed E-state index contributed by atoms with van der Waals surface area (Å²) in [5.41, 5.74) is 5.22. The maximum atomic E-state index is 10.9. The van der Waals surface area contributed by atoms with Gasteiger partial charge in [-0.1, -0.05) is 35.2 Å². The first-order valence-electron chi connectivity index (χ1n) is 3.64. The molecule has 0 saturated heterocycles. The Kier molecular flexibility index (Phi) is 2.34. The highest BCUT2D eigenvalue weighted by atomic mass is 79.9. The molecule has 58 valence electrons. The van der Waals surface area contributed by atoms with E-state index in [4.69, 9.17) is 5.73 Å². The third-order valence-electron chi connectivity index (χ3n) is 2.09. The summed E-state index contributed by atoms with van der Waals surface area (Å²) in [5.74, 6) is -0.202. The first-order chi connectivity index (χ1) is 4.65. The molecule has 3 heteroatoms. The third kappa shape index (κ3) is 1.51. The molecule has 0 heterocycles. The zero-order chi connectivity index (χ0) is 7.61. The van der Waals surface area contributed by atoms with E-state index in [2.05, 4.69) is 15.9 Å². The van der Waals surface area contributed by atoms with Crippen LogP contribution >= 0.6 is 15.9 Å². The molecule has 0 aromatic carbocycles. The quantitative estimate of drug-likeness (QED) is 0.650. The summed E-state index contributed by atoms with van der Waals surface area (Å²) in [6.45, 7) is 0. The van der Waals surface area contributed by atoms with Crippen LogP contribution in [0, 0.1) is 0 Å². The molecule has 1 aliphatic rings. The van der Waals surface area contributed by atoms with Gasteiger partial charge in [-0.25, -0.2) is 0 Å². The van der Waals surface area contributed by atoms with E-state index >= 15 is 0 Å². The van der Waals surface area contributed by atoms with Gasteiger partial charge < -0.3 is 5.73 Å². The molecule has 0 spiro atoms. The monoisotopic (exact) mass is 205 g/mol. The summed E-state index contributed by atoms with van der Waals surface area (Å²) in [6.07, 6.45) is 5.29. The number of carbonyl (C=O) groups excluding carboxylic acids is 1. The number of nitrogens with two attached hydrogens (primary N) is 1. The lowest BCUT2D eigenvalue weighted by Crippen LogP contribution is -2.39. The van der Waals surface area contributed by atoms with Crippen molar-refractivity contribution >= 4 is 21.8 Å². The van der Waals surface area contributed by atoms with Crippen molar-refractivity contribution in [3.8, 4) is 0 Å². The lowest BCUT2D eigenvalue weighted by Gasteiger charge is -2.27. The average molecular weight is 206 g/mol. The van der Waals surface area contributed by atoms with Gasteiger partial charge in [0.25, 0.3) is 0 Å². The summed E-state index contributed by atoms with van der Waals surface area (Å²) in [5, 5.41) is 0. The molecule has 0 bridgehead atoms. The summed E-state index contributed by atoms with van der Waals surface area (Å²) in [4.78, 5) is 10.9. The molecule has 0 atom stereocenters. The lowest BCUT2D eigenvalue weighted by molar-refractivity contribution is -0.120. The molecule has 2 nitrogen and oxygen atoms in total. The van der Waals surface area contributed by atoms with Crippen molar-refractivity contribution in [1.29, 1.82) is 0 Å². The van der Waals surface area contributed by atoms with E-state index in [0.29, 0.717) is 0 Å². The summed E-state index contributed by atoms with van der Waals surface area (Å²) in [6, 6.07) is 0. The molecule has 0 aromatic heterocycles. The van der Waals surface area contributed by atoms with Crippen LogP contribution in [0.4, 0.5) is 0 Å². The van der Waals surface area contributed by atoms with Crippen LogP contribution in [0.2, 0.25) is 0 Å². The van der Waals surface area contributed by atoms with Crippen molar-refractivity contribution in [2.24, 2.45) is 5.73 Å². The molecule has 10 heavy (non-hydrogen) atoms. The number of hydrogen-bond donors (Lipinski definition) is 1. The molecule has 1 amide bonds. The van der Waals surface area contributed by atoms with E-state index in [-0.39, 0.29) is 10.2 Å². The molecule has 0 unspecified atom stereocenters. The number of amides is 1. The lowest BCUT2D eigenvalue weighted by atomic mass is 9.89. The maximum absolute atomic E-state index is 10.9. The van der Waals surface area contributed by atoms with E-state index in [1.807, 2.05) is 0 Å². The Hall–Kier alpha value is -0.0500. The smallest absolute Gasteiger partial charge is 0.234 e. The van der Waals surface area contributed by atoms with Crippen molar-refractivity contribution in [3.63, 3.8) is 0 Å². The van der Waals surface area contributed by atoms with Crippen LogP contribution in [0.25, 0.3) is 0 Å². The Labute approximate surface area is 69.3 Å². The topological polar surface area (TPSA) is 43.1 Å². The minimum atomic E-state index is -0.370. The molecule has 1 saturated carbocycles. The molecule has 0 aliphatic heterocycles. The van der Waals surface area contributed by atoms with Gasteiger partial charge in [0.15, 0.2) is 0 Å². The van der Waals surface area contributed by atoms with Gasteiger partial charge in [0, 0.05) is 0 Å². The van der Waals surface area contributed by atoms with Crippen LogP contribution < -0.4 is 5.73 Å².